The lowest BCUT2D eigenvalue weighted by Gasteiger charge is -2.23. The first-order chi connectivity index (χ1) is 7.81. The van der Waals surface area contributed by atoms with Crippen LogP contribution in [0.15, 0.2) is 12.3 Å². The average Bonchev–Trinajstić information content (AvgIpc) is 2.31. The molecule has 0 spiro atoms. The SMILES string of the molecule is Cc1ccnc(OC2CCCNC2)c1C#N. The van der Waals surface area contributed by atoms with E-state index in [0.29, 0.717) is 11.4 Å². The molecule has 0 saturated carbocycles. The Morgan fingerprint density at radius 1 is 1.62 bits per heavy atom. The van der Waals surface area contributed by atoms with Crippen molar-refractivity contribution in [3.05, 3.63) is 23.4 Å². The van der Waals surface area contributed by atoms with Gasteiger partial charge in [0, 0.05) is 12.7 Å². The summed E-state index contributed by atoms with van der Waals surface area (Å²) in [6, 6.07) is 3.97. The molecule has 1 aliphatic rings. The molecule has 84 valence electrons. The van der Waals surface area contributed by atoms with E-state index in [4.69, 9.17) is 10.00 Å². The van der Waals surface area contributed by atoms with E-state index in [2.05, 4.69) is 16.4 Å². The molecule has 1 atom stereocenters. The number of piperidine rings is 1. The normalized spacial score (nSPS) is 20.1. The zero-order chi connectivity index (χ0) is 11.4. The minimum absolute atomic E-state index is 0.134. The predicted molar refractivity (Wildman–Crippen MR) is 60.2 cm³/mol. The van der Waals surface area contributed by atoms with Gasteiger partial charge in [-0.25, -0.2) is 4.98 Å². The molecule has 1 unspecified atom stereocenters. The first kappa shape index (κ1) is 10.9. The maximum Gasteiger partial charge on any atom is 0.232 e. The number of aromatic nitrogens is 1. The Kier molecular flexibility index (Phi) is 3.37. The van der Waals surface area contributed by atoms with Gasteiger partial charge in [0.25, 0.3) is 0 Å². The van der Waals surface area contributed by atoms with Crippen molar-refractivity contribution in [2.75, 3.05) is 13.1 Å². The summed E-state index contributed by atoms with van der Waals surface area (Å²) in [7, 11) is 0. The topological polar surface area (TPSA) is 57.9 Å². The fourth-order valence-electron chi connectivity index (χ4n) is 1.84. The standard InChI is InChI=1S/C12H15N3O/c1-9-4-6-15-12(11(9)7-13)16-10-3-2-5-14-8-10/h4,6,10,14H,2-3,5,8H2,1H3. The van der Waals surface area contributed by atoms with Crippen LogP contribution in [-0.2, 0) is 0 Å². The second-order valence-electron chi connectivity index (χ2n) is 4.01. The van der Waals surface area contributed by atoms with Gasteiger partial charge < -0.3 is 10.1 Å². The molecule has 4 heteroatoms. The van der Waals surface area contributed by atoms with Gasteiger partial charge in [-0.3, -0.25) is 0 Å². The summed E-state index contributed by atoms with van der Waals surface area (Å²) in [4.78, 5) is 4.13. The van der Waals surface area contributed by atoms with Gasteiger partial charge in [-0.1, -0.05) is 0 Å². The van der Waals surface area contributed by atoms with E-state index in [1.165, 1.54) is 0 Å². The number of aryl methyl sites for hydroxylation is 1. The number of nitrogens with zero attached hydrogens (tertiary/aromatic N) is 2. The summed E-state index contributed by atoms with van der Waals surface area (Å²) < 4.78 is 5.76. The van der Waals surface area contributed by atoms with Crippen LogP contribution in [0.2, 0.25) is 0 Å². The van der Waals surface area contributed by atoms with Gasteiger partial charge in [0.1, 0.15) is 17.7 Å². The monoisotopic (exact) mass is 217 g/mol. The molecular formula is C12H15N3O. The van der Waals surface area contributed by atoms with Crippen LogP contribution in [0.1, 0.15) is 24.0 Å². The first-order valence-electron chi connectivity index (χ1n) is 5.54. The zero-order valence-corrected chi connectivity index (χ0v) is 9.36. The Bertz CT molecular complexity index is 405. The van der Waals surface area contributed by atoms with Gasteiger partial charge in [-0.2, -0.15) is 5.26 Å². The molecular weight excluding hydrogens is 202 g/mol. The van der Waals surface area contributed by atoms with Crippen molar-refractivity contribution in [2.24, 2.45) is 0 Å². The summed E-state index contributed by atoms with van der Waals surface area (Å²) in [6.45, 7) is 3.78. The highest BCUT2D eigenvalue weighted by Crippen LogP contribution is 2.20. The molecule has 1 aliphatic heterocycles. The summed E-state index contributed by atoms with van der Waals surface area (Å²) in [5, 5.41) is 12.3. The third kappa shape index (κ3) is 2.31. The molecule has 2 rings (SSSR count). The number of hydrogen-bond acceptors (Lipinski definition) is 4. The van der Waals surface area contributed by atoms with E-state index in [1.54, 1.807) is 6.20 Å². The van der Waals surface area contributed by atoms with Gasteiger partial charge in [-0.15, -0.1) is 0 Å². The van der Waals surface area contributed by atoms with Crippen molar-refractivity contribution in [1.29, 1.82) is 5.26 Å². The van der Waals surface area contributed by atoms with Crippen LogP contribution >= 0.6 is 0 Å². The van der Waals surface area contributed by atoms with Crippen LogP contribution in [0, 0.1) is 18.3 Å². The first-order valence-corrected chi connectivity index (χ1v) is 5.54. The van der Waals surface area contributed by atoms with Gasteiger partial charge in [0.05, 0.1) is 0 Å². The third-order valence-corrected chi connectivity index (χ3v) is 2.77. The molecule has 1 saturated heterocycles. The molecule has 1 aromatic heterocycles. The highest BCUT2D eigenvalue weighted by molar-refractivity contribution is 5.43. The van der Waals surface area contributed by atoms with Crippen molar-refractivity contribution in [1.82, 2.24) is 10.3 Å². The maximum absolute atomic E-state index is 9.04. The lowest BCUT2D eigenvalue weighted by Crippen LogP contribution is -2.37. The van der Waals surface area contributed by atoms with Crippen molar-refractivity contribution < 1.29 is 4.74 Å². The predicted octanol–water partition coefficient (Wildman–Crippen LogP) is 1.39. The van der Waals surface area contributed by atoms with E-state index in [9.17, 15) is 0 Å². The minimum atomic E-state index is 0.134. The number of pyridine rings is 1. The highest BCUT2D eigenvalue weighted by Gasteiger charge is 2.17. The molecule has 4 nitrogen and oxygen atoms in total. The Morgan fingerprint density at radius 2 is 2.50 bits per heavy atom. The van der Waals surface area contributed by atoms with E-state index in [0.717, 1.165) is 31.5 Å². The maximum atomic E-state index is 9.04. The van der Waals surface area contributed by atoms with Crippen molar-refractivity contribution in [3.8, 4) is 11.9 Å². The van der Waals surface area contributed by atoms with Crippen molar-refractivity contribution in [2.45, 2.75) is 25.9 Å². The van der Waals surface area contributed by atoms with E-state index < -0.39 is 0 Å². The number of ether oxygens (including phenoxy) is 1. The molecule has 0 radical (unpaired) electrons. The second kappa shape index (κ2) is 4.95. The second-order valence-corrected chi connectivity index (χ2v) is 4.01. The fraction of sp³-hybridized carbons (Fsp3) is 0.500. The van der Waals surface area contributed by atoms with Crippen molar-refractivity contribution >= 4 is 0 Å². The summed E-state index contributed by atoms with van der Waals surface area (Å²) in [5.41, 5.74) is 1.46. The number of hydrogen-bond donors (Lipinski definition) is 1. The number of nitriles is 1. The van der Waals surface area contributed by atoms with Crippen LogP contribution in [0.3, 0.4) is 0 Å². The summed E-state index contributed by atoms with van der Waals surface area (Å²) >= 11 is 0. The highest BCUT2D eigenvalue weighted by atomic mass is 16.5. The molecule has 0 bridgehead atoms. The lowest BCUT2D eigenvalue weighted by atomic mass is 10.1. The summed E-state index contributed by atoms with van der Waals surface area (Å²) in [6.07, 6.45) is 3.95. The van der Waals surface area contributed by atoms with Gasteiger partial charge in [0.15, 0.2) is 0 Å². The lowest BCUT2D eigenvalue weighted by molar-refractivity contribution is 0.160. The quantitative estimate of drug-likeness (QED) is 0.813. The molecule has 0 amide bonds. The molecule has 1 N–H and O–H groups in total. The van der Waals surface area contributed by atoms with E-state index >= 15 is 0 Å². The largest absolute Gasteiger partial charge is 0.472 e. The molecule has 1 aromatic rings. The van der Waals surface area contributed by atoms with E-state index in [1.807, 2.05) is 13.0 Å². The molecule has 0 aliphatic carbocycles. The number of nitrogens with one attached hydrogen (secondary N) is 1. The zero-order valence-electron chi connectivity index (χ0n) is 9.36. The van der Waals surface area contributed by atoms with Gasteiger partial charge in [0.2, 0.25) is 5.88 Å². The van der Waals surface area contributed by atoms with Crippen LogP contribution < -0.4 is 10.1 Å². The molecule has 2 heterocycles. The molecule has 0 aromatic carbocycles. The van der Waals surface area contributed by atoms with E-state index in [-0.39, 0.29) is 6.10 Å². The molecule has 16 heavy (non-hydrogen) atoms. The van der Waals surface area contributed by atoms with Crippen LogP contribution in [0.25, 0.3) is 0 Å². The van der Waals surface area contributed by atoms with Crippen LogP contribution in [0.4, 0.5) is 0 Å². The van der Waals surface area contributed by atoms with Gasteiger partial charge in [-0.05, 0) is 37.9 Å². The Labute approximate surface area is 95.3 Å². The Morgan fingerprint density at radius 3 is 3.19 bits per heavy atom. The van der Waals surface area contributed by atoms with Crippen molar-refractivity contribution in [3.63, 3.8) is 0 Å². The average molecular weight is 217 g/mol. The third-order valence-electron chi connectivity index (χ3n) is 2.77. The van der Waals surface area contributed by atoms with Gasteiger partial charge >= 0.3 is 0 Å². The number of rotatable bonds is 2. The minimum Gasteiger partial charge on any atom is -0.472 e. The fourth-order valence-corrected chi connectivity index (χ4v) is 1.84. The van der Waals surface area contributed by atoms with Crippen LogP contribution in [-0.4, -0.2) is 24.2 Å². The summed E-state index contributed by atoms with van der Waals surface area (Å²) in [5.74, 6) is 0.469. The van der Waals surface area contributed by atoms with Crippen LogP contribution in [0.5, 0.6) is 5.88 Å². The Balaban J connectivity index is 2.14. The molecule has 1 fully saturated rings. The smallest absolute Gasteiger partial charge is 0.232 e. The Hall–Kier alpha value is -1.60.